The molecule has 342 valence electrons. The summed E-state index contributed by atoms with van der Waals surface area (Å²) in [6, 6.07) is 13.8. The zero-order valence-electron chi connectivity index (χ0n) is 32.2. The van der Waals surface area contributed by atoms with Crippen LogP contribution in [0.25, 0.3) is 0 Å². The summed E-state index contributed by atoms with van der Waals surface area (Å²) >= 11 is 4.88. The number of carbonyl (C=O) groups excluding carboxylic acids is 5. The average Bonchev–Trinajstić information content (AvgIpc) is 3.71. The molecule has 21 nitrogen and oxygen atoms in total. The fourth-order valence-electron chi connectivity index (χ4n) is 4.34. The first-order valence-electron chi connectivity index (χ1n) is 16.6. The van der Waals surface area contributed by atoms with Crippen molar-refractivity contribution in [2.24, 2.45) is 7.05 Å². The van der Waals surface area contributed by atoms with Gasteiger partial charge in [0.15, 0.2) is 9.84 Å². The predicted octanol–water partition coefficient (Wildman–Crippen LogP) is 1.69. The van der Waals surface area contributed by atoms with Gasteiger partial charge < -0.3 is 20.1 Å². The number of thioether (sulfide) groups is 1. The largest absolute Gasteiger partial charge is 0.467 e. The molecule has 4 rings (SSSR count). The SMILES string of the molecule is C.C.C.CN1NNN(/C=C/S(=O)(=O)c2ccccc2)C1=O.COC(=O)[C@H](CS)NC(C)=O.COC(=O)[C@H](CSC(CS(=O)(=O)c1ccccc1)n1ncn(C)c1=O)NC(C)=O. The third-order valence-corrected chi connectivity index (χ3v) is 12.2. The maximum atomic E-state index is 12.8. The third kappa shape index (κ3) is 18.5. The van der Waals surface area contributed by atoms with Crippen LogP contribution in [0.5, 0.6) is 0 Å². The Bertz CT molecular complexity index is 2170. The Balaban J connectivity index is 0. The van der Waals surface area contributed by atoms with E-state index < -0.39 is 72.5 Å². The fourth-order valence-corrected chi connectivity index (χ4v) is 8.68. The lowest BCUT2D eigenvalue weighted by atomic mass is 10.3. The molecular weight excluding hydrogens is 879 g/mol. The van der Waals surface area contributed by atoms with E-state index in [1.54, 1.807) is 36.4 Å². The second-order valence-corrected chi connectivity index (χ2v) is 17.1. The van der Waals surface area contributed by atoms with Crippen molar-refractivity contribution < 1.29 is 50.3 Å². The standard InChI is InChI=1S/C17H22N4O6S2.C10H12N4O3S.C6H11NO3S.3CH4/c1-12(22)19-14(16(23)27-3)9-28-15(21-17(24)20(2)11-18-21)10-29(25,26)13-7-5-4-6-8-13;1-13-10(15)14(12-11-13)7-8-18(16,17)9-5-3-2-4-6-9;1-4(8)7-5(3-11)6(9)10-2;;;/h4-8,11,14-15H,9-10H2,1-3H3,(H,19,22);2-8,11-12H,1H3;5,11H,3H2,1-2H3,(H,7,8);3*1H4/b;8-7+;;;;/t14-,15?;;5-;;;/m0.0.../s1. The Kier molecular flexibility index (Phi) is 26.2. The van der Waals surface area contributed by atoms with Crippen LogP contribution in [0.3, 0.4) is 0 Å². The monoisotopic (exact) mass is 935 g/mol. The van der Waals surface area contributed by atoms with Gasteiger partial charge in [0.05, 0.1) is 35.2 Å². The van der Waals surface area contributed by atoms with Crippen molar-refractivity contribution in [1.29, 1.82) is 0 Å². The lowest BCUT2D eigenvalue weighted by Gasteiger charge is -2.20. The summed E-state index contributed by atoms with van der Waals surface area (Å²) < 4.78 is 60.8. The van der Waals surface area contributed by atoms with Crippen molar-refractivity contribution >= 4 is 73.8 Å². The van der Waals surface area contributed by atoms with Crippen molar-refractivity contribution in [3.05, 3.63) is 89.1 Å². The van der Waals surface area contributed by atoms with Gasteiger partial charge in [-0.15, -0.1) is 22.8 Å². The predicted molar refractivity (Wildman–Crippen MR) is 235 cm³/mol. The molecule has 1 aromatic heterocycles. The summed E-state index contributed by atoms with van der Waals surface area (Å²) in [6.07, 6.45) is 2.43. The number of hydrogen-bond acceptors (Lipinski definition) is 17. The Morgan fingerprint density at radius 2 is 1.31 bits per heavy atom. The number of thiol groups is 1. The molecule has 1 aliphatic heterocycles. The number of ether oxygens (including phenoxy) is 2. The first-order valence-corrected chi connectivity index (χ1v) is 21.5. The van der Waals surface area contributed by atoms with Gasteiger partial charge in [-0.2, -0.15) is 22.4 Å². The van der Waals surface area contributed by atoms with E-state index in [1.807, 2.05) is 0 Å². The number of rotatable bonds is 15. The Morgan fingerprint density at radius 3 is 1.74 bits per heavy atom. The highest BCUT2D eigenvalue weighted by Gasteiger charge is 2.29. The van der Waals surface area contributed by atoms with Gasteiger partial charge in [-0.25, -0.2) is 46.0 Å². The van der Waals surface area contributed by atoms with E-state index in [0.29, 0.717) is 0 Å². The summed E-state index contributed by atoms with van der Waals surface area (Å²) in [4.78, 5) is 68.6. The average molecular weight is 936 g/mol. The molecular formula is C36H57N9O12S4. The first-order chi connectivity index (χ1) is 27.3. The molecule has 2 heterocycles. The van der Waals surface area contributed by atoms with E-state index in [9.17, 15) is 45.6 Å². The number of amides is 4. The number of sulfone groups is 2. The summed E-state index contributed by atoms with van der Waals surface area (Å²) in [6.45, 7) is 2.58. The molecule has 1 unspecified atom stereocenters. The van der Waals surface area contributed by atoms with E-state index in [4.69, 9.17) is 0 Å². The van der Waals surface area contributed by atoms with E-state index in [-0.39, 0.29) is 49.5 Å². The molecule has 1 aliphatic rings. The van der Waals surface area contributed by atoms with Gasteiger partial charge in [0.25, 0.3) is 0 Å². The number of esters is 2. The van der Waals surface area contributed by atoms with Crippen LogP contribution >= 0.6 is 24.4 Å². The van der Waals surface area contributed by atoms with Gasteiger partial charge in [-0.05, 0) is 24.3 Å². The van der Waals surface area contributed by atoms with Gasteiger partial charge in [0, 0.05) is 45.6 Å². The molecule has 3 aromatic rings. The van der Waals surface area contributed by atoms with E-state index in [2.05, 4.69) is 48.9 Å². The normalized spacial score (nSPS) is 13.5. The highest BCUT2D eigenvalue weighted by molar-refractivity contribution is 8.00. The molecule has 1 saturated heterocycles. The van der Waals surface area contributed by atoms with Gasteiger partial charge in [0.2, 0.25) is 21.7 Å². The van der Waals surface area contributed by atoms with Gasteiger partial charge in [0.1, 0.15) is 23.8 Å². The molecule has 2 aromatic carbocycles. The maximum absolute atomic E-state index is 12.8. The summed E-state index contributed by atoms with van der Waals surface area (Å²) in [5.41, 5.74) is 4.50. The minimum absolute atomic E-state index is 0. The van der Waals surface area contributed by atoms with Gasteiger partial charge in [-0.3, -0.25) is 14.2 Å². The summed E-state index contributed by atoms with van der Waals surface area (Å²) in [7, 11) is -1.84. The maximum Gasteiger partial charge on any atom is 0.354 e. The number of hydrazine groups is 3. The number of nitrogens with zero attached hydrogens (tertiary/aromatic N) is 5. The smallest absolute Gasteiger partial charge is 0.354 e. The number of methoxy groups -OCH3 is 2. The topological polar surface area (TPSA) is 267 Å². The fraction of sp³-hybridized carbons (Fsp3) is 0.417. The van der Waals surface area contributed by atoms with Crippen molar-refractivity contribution in [2.45, 2.75) is 63.4 Å². The number of hydrogen-bond donors (Lipinski definition) is 5. The molecule has 0 saturated carbocycles. The van der Waals surface area contributed by atoms with E-state index >= 15 is 0 Å². The second kappa shape index (κ2) is 27.6. The van der Waals surface area contributed by atoms with Crippen LogP contribution in [-0.2, 0) is 55.4 Å². The van der Waals surface area contributed by atoms with Crippen molar-refractivity contribution in [3.8, 4) is 0 Å². The number of urea groups is 1. The highest BCUT2D eigenvalue weighted by atomic mass is 32.2. The van der Waals surface area contributed by atoms with Crippen LogP contribution in [-0.4, -0.2) is 122 Å². The van der Waals surface area contributed by atoms with Crippen molar-refractivity contribution in [1.82, 2.24) is 46.1 Å². The number of benzene rings is 2. The number of aryl methyl sites for hydroxylation is 1. The second-order valence-electron chi connectivity index (χ2n) is 11.7. The Morgan fingerprint density at radius 1 is 0.820 bits per heavy atom. The van der Waals surface area contributed by atoms with Gasteiger partial charge in [-0.1, -0.05) is 58.7 Å². The molecule has 0 bridgehead atoms. The summed E-state index contributed by atoms with van der Waals surface area (Å²) in [5.74, 6) is -2.05. The number of carbonyl (C=O) groups is 5. The van der Waals surface area contributed by atoms with Crippen LogP contribution < -0.4 is 27.4 Å². The molecule has 0 aliphatic carbocycles. The number of aromatic nitrogens is 3. The zero-order valence-corrected chi connectivity index (χ0v) is 35.5. The van der Waals surface area contributed by atoms with Crippen LogP contribution in [0, 0.1) is 0 Å². The van der Waals surface area contributed by atoms with Crippen LogP contribution in [0.4, 0.5) is 4.79 Å². The molecule has 4 N–H and O–H groups in total. The van der Waals surface area contributed by atoms with Crippen molar-refractivity contribution in [3.63, 3.8) is 0 Å². The zero-order chi connectivity index (χ0) is 43.6. The minimum atomic E-state index is -3.75. The van der Waals surface area contributed by atoms with E-state index in [0.717, 1.165) is 33.1 Å². The van der Waals surface area contributed by atoms with Crippen LogP contribution in [0.2, 0.25) is 0 Å². The van der Waals surface area contributed by atoms with Crippen LogP contribution in [0.1, 0.15) is 41.5 Å². The molecule has 3 atom stereocenters. The Labute approximate surface area is 366 Å². The molecule has 61 heavy (non-hydrogen) atoms. The molecule has 1 fully saturated rings. The number of nitrogens with one attached hydrogen (secondary N) is 4. The van der Waals surface area contributed by atoms with Crippen molar-refractivity contribution in [2.75, 3.05) is 38.5 Å². The quantitative estimate of drug-likeness (QED) is 0.107. The lowest BCUT2D eigenvalue weighted by Crippen LogP contribution is -2.43. The summed E-state index contributed by atoms with van der Waals surface area (Å²) in [5, 5.41) is 11.1. The van der Waals surface area contributed by atoms with E-state index in [1.165, 1.54) is 82.3 Å². The van der Waals surface area contributed by atoms with Gasteiger partial charge >= 0.3 is 23.7 Å². The third-order valence-electron chi connectivity index (χ3n) is 7.24. The molecule has 0 spiro atoms. The van der Waals surface area contributed by atoms with Crippen LogP contribution in [0.15, 0.2) is 93.2 Å². The first kappa shape index (κ1) is 57.9. The molecule has 25 heteroatoms. The minimum Gasteiger partial charge on any atom is -0.467 e. The molecule has 4 amide bonds. The Hall–Kier alpha value is -5.21. The highest BCUT2D eigenvalue weighted by Crippen LogP contribution is 2.26. The lowest BCUT2D eigenvalue weighted by molar-refractivity contribution is -0.144. The molecule has 0 radical (unpaired) electrons.